The van der Waals surface area contributed by atoms with Crippen LogP contribution in [-0.2, 0) is 14.6 Å². The Labute approximate surface area is 116 Å². The van der Waals surface area contributed by atoms with Gasteiger partial charge in [0.05, 0.1) is 11.7 Å². The minimum Gasteiger partial charge on any atom is -0.481 e. The van der Waals surface area contributed by atoms with Gasteiger partial charge in [-0.25, -0.2) is 8.42 Å². The Morgan fingerprint density at radius 2 is 1.84 bits per heavy atom. The van der Waals surface area contributed by atoms with Crippen LogP contribution in [-0.4, -0.2) is 43.6 Å². The monoisotopic (exact) mass is 293 g/mol. The maximum absolute atomic E-state index is 11.3. The molecule has 0 saturated heterocycles. The predicted molar refractivity (Wildman–Crippen MR) is 77.1 cm³/mol. The van der Waals surface area contributed by atoms with Gasteiger partial charge in [-0.3, -0.25) is 4.79 Å². The molecule has 0 aromatic carbocycles. The Bertz CT molecular complexity index is 354. The Kier molecular flexibility index (Phi) is 9.01. The summed E-state index contributed by atoms with van der Waals surface area (Å²) in [6, 6.07) is 0.297. The molecule has 0 bridgehead atoms. The van der Waals surface area contributed by atoms with Crippen molar-refractivity contribution in [2.75, 3.05) is 18.1 Å². The first-order chi connectivity index (χ1) is 8.78. The molecule has 0 rings (SSSR count). The number of sulfone groups is 1. The molecular weight excluding hydrogens is 266 g/mol. The molecule has 0 saturated carbocycles. The van der Waals surface area contributed by atoms with Gasteiger partial charge in [-0.05, 0) is 32.7 Å². The van der Waals surface area contributed by atoms with Crippen molar-refractivity contribution in [2.45, 2.75) is 52.5 Å². The first-order valence-electron chi connectivity index (χ1n) is 6.95. The number of carbonyl (C=O) groups is 1. The van der Waals surface area contributed by atoms with Crippen molar-refractivity contribution in [3.63, 3.8) is 0 Å². The van der Waals surface area contributed by atoms with E-state index < -0.39 is 15.8 Å². The van der Waals surface area contributed by atoms with Crippen LogP contribution in [0.25, 0.3) is 0 Å². The van der Waals surface area contributed by atoms with Crippen LogP contribution in [0.1, 0.15) is 46.5 Å². The number of hydrogen-bond donors (Lipinski definition) is 2. The fourth-order valence-corrected chi connectivity index (χ4v) is 2.61. The first kappa shape index (κ1) is 18.4. The number of nitrogens with one attached hydrogen (secondary N) is 1. The normalized spacial score (nSPS) is 15.1. The zero-order valence-electron chi connectivity index (χ0n) is 12.2. The highest BCUT2D eigenvalue weighted by atomic mass is 32.2. The number of carboxylic acid groups (broad SMARTS) is 1. The molecule has 0 aliphatic rings. The molecule has 0 aliphatic heterocycles. The van der Waals surface area contributed by atoms with Gasteiger partial charge >= 0.3 is 5.97 Å². The highest BCUT2D eigenvalue weighted by molar-refractivity contribution is 7.91. The van der Waals surface area contributed by atoms with Crippen LogP contribution in [0.3, 0.4) is 0 Å². The summed E-state index contributed by atoms with van der Waals surface area (Å²) in [5, 5.41) is 12.0. The van der Waals surface area contributed by atoms with E-state index in [1.807, 2.05) is 6.92 Å². The van der Waals surface area contributed by atoms with Crippen LogP contribution < -0.4 is 5.32 Å². The molecule has 2 N–H and O–H groups in total. The Morgan fingerprint density at radius 3 is 2.37 bits per heavy atom. The SMILES string of the molecule is CCS(=O)(=O)CCCNC(C)CCCC(C)C(=O)O. The van der Waals surface area contributed by atoms with Crippen molar-refractivity contribution in [2.24, 2.45) is 5.92 Å². The second-order valence-corrected chi connectivity index (χ2v) is 7.59. The second kappa shape index (κ2) is 9.31. The number of carboxylic acids is 1. The summed E-state index contributed by atoms with van der Waals surface area (Å²) in [6.07, 6.45) is 3.10. The van der Waals surface area contributed by atoms with E-state index in [0.29, 0.717) is 25.4 Å². The quantitative estimate of drug-likeness (QED) is 0.566. The van der Waals surface area contributed by atoms with Crippen molar-refractivity contribution in [1.82, 2.24) is 5.32 Å². The number of aliphatic carboxylic acids is 1. The van der Waals surface area contributed by atoms with Gasteiger partial charge in [0.15, 0.2) is 0 Å². The van der Waals surface area contributed by atoms with Crippen LogP contribution >= 0.6 is 0 Å². The fraction of sp³-hybridized carbons (Fsp3) is 0.923. The van der Waals surface area contributed by atoms with Crippen molar-refractivity contribution in [3.05, 3.63) is 0 Å². The van der Waals surface area contributed by atoms with Crippen LogP contribution in [0.5, 0.6) is 0 Å². The average Bonchev–Trinajstić information content (AvgIpc) is 2.34. The lowest BCUT2D eigenvalue weighted by Crippen LogP contribution is -2.28. The molecule has 0 aromatic rings. The second-order valence-electron chi connectivity index (χ2n) is 5.12. The zero-order chi connectivity index (χ0) is 14.9. The molecule has 0 heterocycles. The average molecular weight is 293 g/mol. The smallest absolute Gasteiger partial charge is 0.306 e. The highest BCUT2D eigenvalue weighted by Crippen LogP contribution is 2.09. The van der Waals surface area contributed by atoms with Crippen LogP contribution in [0.2, 0.25) is 0 Å². The number of hydrogen-bond acceptors (Lipinski definition) is 4. The summed E-state index contributed by atoms with van der Waals surface area (Å²) < 4.78 is 22.5. The van der Waals surface area contributed by atoms with Crippen LogP contribution in [0.4, 0.5) is 0 Å². The lowest BCUT2D eigenvalue weighted by molar-refractivity contribution is -0.141. The maximum Gasteiger partial charge on any atom is 0.306 e. The van der Waals surface area contributed by atoms with Crippen molar-refractivity contribution >= 4 is 15.8 Å². The van der Waals surface area contributed by atoms with Crippen LogP contribution in [0, 0.1) is 5.92 Å². The third-order valence-corrected chi connectivity index (χ3v) is 5.05. The molecule has 2 unspecified atom stereocenters. The lowest BCUT2D eigenvalue weighted by Gasteiger charge is -2.14. The minimum atomic E-state index is -2.86. The van der Waals surface area contributed by atoms with E-state index in [1.165, 1.54) is 0 Å². The minimum absolute atomic E-state index is 0.204. The molecule has 0 fully saturated rings. The van der Waals surface area contributed by atoms with E-state index in [1.54, 1.807) is 13.8 Å². The van der Waals surface area contributed by atoms with E-state index in [2.05, 4.69) is 5.32 Å². The summed E-state index contributed by atoms with van der Waals surface area (Å²) in [7, 11) is -2.86. The molecule has 114 valence electrons. The molecule has 6 heteroatoms. The summed E-state index contributed by atoms with van der Waals surface area (Å²) >= 11 is 0. The largest absolute Gasteiger partial charge is 0.481 e. The van der Waals surface area contributed by atoms with E-state index in [-0.39, 0.29) is 17.4 Å². The zero-order valence-corrected chi connectivity index (χ0v) is 13.0. The molecule has 0 aromatic heterocycles. The molecule has 0 radical (unpaired) electrons. The van der Waals surface area contributed by atoms with Gasteiger partial charge in [0.25, 0.3) is 0 Å². The van der Waals surface area contributed by atoms with Gasteiger partial charge in [0.2, 0.25) is 0 Å². The third-order valence-electron chi connectivity index (χ3n) is 3.26. The number of rotatable bonds is 11. The molecule has 5 nitrogen and oxygen atoms in total. The maximum atomic E-state index is 11.3. The summed E-state index contributed by atoms with van der Waals surface area (Å²) in [6.45, 7) is 6.11. The fourth-order valence-electron chi connectivity index (χ4n) is 1.74. The van der Waals surface area contributed by atoms with E-state index in [4.69, 9.17) is 5.11 Å². The topological polar surface area (TPSA) is 83.5 Å². The molecular formula is C13H27NO4S. The predicted octanol–water partition coefficient (Wildman–Crippen LogP) is 1.68. The van der Waals surface area contributed by atoms with Crippen molar-refractivity contribution in [1.29, 1.82) is 0 Å². The Balaban J connectivity index is 3.60. The van der Waals surface area contributed by atoms with Crippen LogP contribution in [0.15, 0.2) is 0 Å². The summed E-state index contributed by atoms with van der Waals surface area (Å²) in [4.78, 5) is 10.6. The molecule has 0 spiro atoms. The van der Waals surface area contributed by atoms with Crippen molar-refractivity contribution in [3.8, 4) is 0 Å². The van der Waals surface area contributed by atoms with E-state index >= 15 is 0 Å². The van der Waals surface area contributed by atoms with Gasteiger partial charge in [0.1, 0.15) is 9.84 Å². The highest BCUT2D eigenvalue weighted by Gasteiger charge is 2.11. The molecule has 19 heavy (non-hydrogen) atoms. The van der Waals surface area contributed by atoms with Gasteiger partial charge in [-0.1, -0.05) is 20.3 Å². The summed E-state index contributed by atoms with van der Waals surface area (Å²) in [5.74, 6) is -0.596. The van der Waals surface area contributed by atoms with E-state index in [0.717, 1.165) is 12.8 Å². The Hall–Kier alpha value is -0.620. The molecule has 0 amide bonds. The van der Waals surface area contributed by atoms with Gasteiger partial charge in [-0.15, -0.1) is 0 Å². The molecule has 2 atom stereocenters. The van der Waals surface area contributed by atoms with Gasteiger partial charge < -0.3 is 10.4 Å². The lowest BCUT2D eigenvalue weighted by atomic mass is 10.0. The third kappa shape index (κ3) is 9.90. The standard InChI is InChI=1S/C13H27NO4S/c1-4-19(17,18)10-6-9-14-12(3)8-5-7-11(2)13(15)16/h11-12,14H,4-10H2,1-3H3,(H,15,16). The van der Waals surface area contributed by atoms with Gasteiger partial charge in [0, 0.05) is 11.8 Å². The first-order valence-corrected chi connectivity index (χ1v) is 8.77. The summed E-state index contributed by atoms with van der Waals surface area (Å²) in [5.41, 5.74) is 0. The van der Waals surface area contributed by atoms with Gasteiger partial charge in [-0.2, -0.15) is 0 Å². The molecule has 0 aliphatic carbocycles. The van der Waals surface area contributed by atoms with Crippen molar-refractivity contribution < 1.29 is 18.3 Å². The Morgan fingerprint density at radius 1 is 1.21 bits per heavy atom. The van der Waals surface area contributed by atoms with E-state index in [9.17, 15) is 13.2 Å².